The van der Waals surface area contributed by atoms with Crippen LogP contribution in [-0.2, 0) is 10.0 Å². The Kier molecular flexibility index (Phi) is 1.01. The third-order valence-electron chi connectivity index (χ3n) is 1.01. The van der Waals surface area contributed by atoms with E-state index in [-0.39, 0.29) is 17.6 Å². The van der Waals surface area contributed by atoms with E-state index in [9.17, 15) is 8.42 Å². The Bertz CT molecular complexity index is 497. The zero-order chi connectivity index (χ0) is 12.0. The molecule has 0 aliphatic heterocycles. The minimum atomic E-state index is -4.24. The maximum absolute atomic E-state index is 11.1. The highest BCUT2D eigenvalue weighted by Crippen LogP contribution is 2.06. The molecular weight excluding hydrogens is 162 g/mol. The molecule has 0 bridgehead atoms. The molecule has 4 heteroatoms. The highest BCUT2D eigenvalue weighted by molar-refractivity contribution is 7.89. The monoisotopic (exact) mass is 175 g/mol. The number of benzene rings is 1. The lowest BCUT2D eigenvalue weighted by molar-refractivity contribution is 0.598. The molecule has 60 valence electrons. The van der Waals surface area contributed by atoms with Crippen LogP contribution in [-0.4, -0.2) is 8.42 Å². The van der Waals surface area contributed by atoms with Crippen LogP contribution in [0.4, 0.5) is 0 Å². The molecule has 0 heterocycles. The average molecular weight is 175 g/mol. The van der Waals surface area contributed by atoms with Crippen molar-refractivity contribution in [2.24, 2.45) is 5.14 Å². The van der Waals surface area contributed by atoms with E-state index in [1.54, 1.807) is 0 Å². The average Bonchev–Trinajstić information content (AvgIpc) is 2.09. The lowest BCUT2D eigenvalue weighted by Gasteiger charge is -1.96. The maximum atomic E-state index is 11.1. The molecule has 0 atom stereocenters. The van der Waals surface area contributed by atoms with Crippen molar-refractivity contribution >= 4 is 10.0 Å². The lowest BCUT2D eigenvalue weighted by atomic mass is 10.2. The van der Waals surface area contributed by atoms with Gasteiger partial charge in [0.05, 0.1) is 10.4 Å². The number of nitrogens with two attached hydrogens (primary N) is 1. The highest BCUT2D eigenvalue weighted by Gasteiger charge is 2.04. The van der Waals surface area contributed by atoms with Crippen molar-refractivity contribution in [1.29, 1.82) is 0 Å². The number of hydrogen-bond donors (Lipinski definition) is 1. The largest absolute Gasteiger partial charge is 0.238 e. The van der Waals surface area contributed by atoms with Gasteiger partial charge in [0.2, 0.25) is 10.0 Å². The van der Waals surface area contributed by atoms with Gasteiger partial charge in [-0.1, -0.05) is 17.6 Å². The van der Waals surface area contributed by atoms with Crippen LogP contribution in [0.15, 0.2) is 29.1 Å². The van der Waals surface area contributed by atoms with Gasteiger partial charge in [0.1, 0.15) is 0 Å². The Morgan fingerprint density at radius 1 is 1.36 bits per heavy atom. The first-order valence-corrected chi connectivity index (χ1v) is 4.32. The summed E-state index contributed by atoms with van der Waals surface area (Å²) in [7, 11) is -4.24. The molecule has 0 spiro atoms. The van der Waals surface area contributed by atoms with Crippen molar-refractivity contribution in [3.63, 3.8) is 0 Å². The molecule has 0 radical (unpaired) electrons. The third kappa shape index (κ3) is 2.03. The quantitative estimate of drug-likeness (QED) is 0.681. The van der Waals surface area contributed by atoms with Crippen molar-refractivity contribution in [2.75, 3.05) is 0 Å². The summed E-state index contributed by atoms with van der Waals surface area (Å²) in [5.74, 6) is 0. The molecule has 1 aromatic rings. The second kappa shape index (κ2) is 2.64. The predicted octanol–water partition coefficient (Wildman–Crippen LogP) is 0.642. The van der Waals surface area contributed by atoms with Crippen molar-refractivity contribution < 1.29 is 13.9 Å². The fourth-order valence-electron chi connectivity index (χ4n) is 0.506. The first kappa shape index (κ1) is 4.23. The van der Waals surface area contributed by atoms with Crippen LogP contribution in [0.2, 0.25) is 0 Å². The van der Waals surface area contributed by atoms with Gasteiger partial charge in [-0.05, 0) is 19.0 Å². The summed E-state index contributed by atoms with van der Waals surface area (Å²) in [5.41, 5.74) is 0.0948. The van der Waals surface area contributed by atoms with Crippen LogP contribution in [0, 0.1) is 6.92 Å². The van der Waals surface area contributed by atoms with Crippen LogP contribution >= 0.6 is 0 Å². The molecule has 1 rings (SSSR count). The summed E-state index contributed by atoms with van der Waals surface area (Å²) in [6.07, 6.45) is 0. The third-order valence-corrected chi connectivity index (χ3v) is 1.78. The van der Waals surface area contributed by atoms with Crippen molar-refractivity contribution in [1.82, 2.24) is 0 Å². The fourth-order valence-corrected chi connectivity index (χ4v) is 0.892. The van der Waals surface area contributed by atoms with Crippen LogP contribution in [0.25, 0.3) is 0 Å². The number of hydrogen-bond acceptors (Lipinski definition) is 2. The van der Waals surface area contributed by atoms with Gasteiger partial charge in [-0.3, -0.25) is 0 Å². The summed E-state index contributed by atoms with van der Waals surface area (Å²) in [4.78, 5) is -0.761. The Labute approximate surface area is 71.5 Å². The molecule has 11 heavy (non-hydrogen) atoms. The van der Waals surface area contributed by atoms with E-state index in [1.807, 2.05) is 0 Å². The van der Waals surface area contributed by atoms with Crippen LogP contribution in [0.3, 0.4) is 0 Å². The number of primary sulfonamides is 1. The van der Waals surface area contributed by atoms with E-state index in [1.165, 1.54) is 6.92 Å². The second-order valence-corrected chi connectivity index (χ2v) is 3.50. The van der Waals surface area contributed by atoms with Crippen molar-refractivity contribution in [2.45, 2.75) is 11.8 Å². The van der Waals surface area contributed by atoms with Gasteiger partial charge < -0.3 is 0 Å². The van der Waals surface area contributed by atoms with E-state index in [4.69, 9.17) is 10.6 Å². The molecule has 0 unspecified atom stereocenters. The van der Waals surface area contributed by atoms with Crippen molar-refractivity contribution in [3.05, 3.63) is 29.7 Å². The molecule has 0 aromatic heterocycles. The molecule has 2 N–H and O–H groups in total. The van der Waals surface area contributed by atoms with Gasteiger partial charge in [-0.2, -0.15) is 0 Å². The molecule has 0 fully saturated rings. The summed E-state index contributed by atoms with van der Waals surface area (Å²) in [6.45, 7) is 1.38. The van der Waals surface area contributed by atoms with Gasteiger partial charge in [0.15, 0.2) is 0 Å². The van der Waals surface area contributed by atoms with Gasteiger partial charge in [0.25, 0.3) is 0 Å². The van der Waals surface area contributed by atoms with E-state index in [0.717, 1.165) is 0 Å². The number of sulfonamides is 1. The second-order valence-electron chi connectivity index (χ2n) is 2.00. The van der Waals surface area contributed by atoms with Gasteiger partial charge in [-0.15, -0.1) is 0 Å². The molecule has 0 saturated carbocycles. The van der Waals surface area contributed by atoms with E-state index in [2.05, 4.69) is 0 Å². The van der Waals surface area contributed by atoms with E-state index in [0.29, 0.717) is 0 Å². The summed E-state index contributed by atoms with van der Waals surface area (Å²) in [6, 6.07) is -2.04. The minimum absolute atomic E-state index is 0.0948. The summed E-state index contributed by atoms with van der Waals surface area (Å²) in [5, 5.41) is 4.81. The van der Waals surface area contributed by atoms with E-state index >= 15 is 0 Å². The zero-order valence-corrected chi connectivity index (χ0v) is 6.62. The molecule has 0 amide bonds. The smallest absolute Gasteiger partial charge is 0.225 e. The summed E-state index contributed by atoms with van der Waals surface area (Å²) >= 11 is 0. The molecule has 0 saturated heterocycles. The SMILES string of the molecule is [2H]c1c([2H])c(S(N)(=O)=O)c([2H])c([2H])c1C. The molecule has 1 aromatic carbocycles. The first-order valence-electron chi connectivity index (χ1n) is 4.77. The maximum Gasteiger partial charge on any atom is 0.238 e. The summed E-state index contributed by atoms with van der Waals surface area (Å²) < 4.78 is 51.7. The fraction of sp³-hybridized carbons (Fsp3) is 0.143. The minimum Gasteiger partial charge on any atom is -0.225 e. The van der Waals surface area contributed by atoms with Gasteiger partial charge >= 0.3 is 0 Å². The van der Waals surface area contributed by atoms with Crippen molar-refractivity contribution in [3.8, 4) is 0 Å². The Morgan fingerprint density at radius 2 is 1.82 bits per heavy atom. The van der Waals surface area contributed by atoms with E-state index < -0.39 is 27.0 Å². The van der Waals surface area contributed by atoms with Crippen LogP contribution in [0.1, 0.15) is 11.0 Å². The Balaban J connectivity index is 3.84. The highest BCUT2D eigenvalue weighted by atomic mass is 32.2. The van der Waals surface area contributed by atoms with Gasteiger partial charge in [-0.25, -0.2) is 13.6 Å². The first-order chi connectivity index (χ1) is 6.68. The molecule has 0 aliphatic rings. The van der Waals surface area contributed by atoms with Gasteiger partial charge in [0, 0.05) is 0 Å². The normalized spacial score (nSPS) is 16.5. The molecule has 3 nitrogen and oxygen atoms in total. The lowest BCUT2D eigenvalue weighted by Crippen LogP contribution is -2.11. The standard InChI is InChI=1S/C7H9NO2S/c1-6-2-4-7(5-3-6)11(8,9)10/h2-5H,1H3,(H2,8,9,10)/i2D,3D,4D,5D. The Morgan fingerprint density at radius 3 is 2.18 bits per heavy atom. The zero-order valence-electron chi connectivity index (χ0n) is 9.80. The van der Waals surface area contributed by atoms with Crippen LogP contribution in [0.5, 0.6) is 0 Å². The Hall–Kier alpha value is -0.870. The molecular formula is C7H9NO2S. The predicted molar refractivity (Wildman–Crippen MR) is 42.6 cm³/mol. The number of rotatable bonds is 1. The van der Waals surface area contributed by atoms with Crippen LogP contribution < -0.4 is 5.14 Å². The topological polar surface area (TPSA) is 60.2 Å². The molecule has 0 aliphatic carbocycles.